The quantitative estimate of drug-likeness (QED) is 0.420. The van der Waals surface area contributed by atoms with Crippen LogP contribution in [0.5, 0.6) is 0 Å². The Kier molecular flexibility index (Phi) is 3.80. The van der Waals surface area contributed by atoms with Crippen molar-refractivity contribution in [1.82, 2.24) is 15.2 Å². The van der Waals surface area contributed by atoms with Gasteiger partial charge in [-0.3, -0.25) is 14.9 Å². The van der Waals surface area contributed by atoms with E-state index in [1.54, 1.807) is 23.6 Å². The number of carbonyl (C=O) groups excluding carboxylic acids is 1. The molecule has 4 N–H and O–H groups in total. The van der Waals surface area contributed by atoms with Crippen LogP contribution in [0.25, 0.3) is 31.4 Å². The predicted molar refractivity (Wildman–Crippen MR) is 114 cm³/mol. The van der Waals surface area contributed by atoms with Gasteiger partial charge in [-0.15, -0.1) is 11.3 Å². The van der Waals surface area contributed by atoms with Crippen molar-refractivity contribution in [3.63, 3.8) is 0 Å². The molecule has 0 aliphatic rings. The Morgan fingerprint density at radius 3 is 2.79 bits per heavy atom. The maximum absolute atomic E-state index is 12.6. The molecule has 0 bridgehead atoms. The molecule has 5 aromatic rings. The molecule has 3 aromatic heterocycles. The highest BCUT2D eigenvalue weighted by atomic mass is 32.1. The van der Waals surface area contributed by atoms with Crippen LogP contribution in [0.15, 0.2) is 67.1 Å². The molecule has 0 fully saturated rings. The molecule has 0 saturated carbocycles. The minimum atomic E-state index is -0.259. The average molecular weight is 385 g/mol. The van der Waals surface area contributed by atoms with Crippen LogP contribution < -0.4 is 11.1 Å². The molecule has 0 spiro atoms. The van der Waals surface area contributed by atoms with E-state index < -0.39 is 0 Å². The van der Waals surface area contributed by atoms with Gasteiger partial charge < -0.3 is 11.1 Å². The molecular weight excluding hydrogens is 370 g/mol. The fraction of sp³-hybridized carbons (Fsp3) is 0. The third-order valence-corrected chi connectivity index (χ3v) is 5.67. The lowest BCUT2D eigenvalue weighted by atomic mass is 10.1. The maximum atomic E-state index is 12.6. The number of aromatic amines is 1. The first-order valence-corrected chi connectivity index (χ1v) is 9.47. The number of hydrogen-bond acceptors (Lipinski definition) is 5. The van der Waals surface area contributed by atoms with E-state index in [2.05, 4.69) is 38.7 Å². The van der Waals surface area contributed by atoms with Crippen molar-refractivity contribution in [2.75, 3.05) is 11.1 Å². The van der Waals surface area contributed by atoms with E-state index in [9.17, 15) is 4.79 Å². The van der Waals surface area contributed by atoms with Gasteiger partial charge in [0.05, 0.1) is 23.0 Å². The molecule has 0 unspecified atom stereocenters. The SMILES string of the molecule is Nc1cncc(C(=O)Nc2cc(-c3cc4ccccc4s3)c3[nH]ncc3c2)c1. The van der Waals surface area contributed by atoms with E-state index in [0.29, 0.717) is 16.9 Å². The maximum Gasteiger partial charge on any atom is 0.257 e. The van der Waals surface area contributed by atoms with Crippen molar-refractivity contribution in [1.29, 1.82) is 0 Å². The van der Waals surface area contributed by atoms with Gasteiger partial charge in [-0.2, -0.15) is 5.10 Å². The lowest BCUT2D eigenvalue weighted by molar-refractivity contribution is 0.102. The second-order valence-corrected chi connectivity index (χ2v) is 7.55. The molecule has 136 valence electrons. The highest BCUT2D eigenvalue weighted by Crippen LogP contribution is 2.38. The lowest BCUT2D eigenvalue weighted by Crippen LogP contribution is -2.12. The minimum absolute atomic E-state index is 0.259. The fourth-order valence-corrected chi connectivity index (χ4v) is 4.31. The summed E-state index contributed by atoms with van der Waals surface area (Å²) in [5.41, 5.74) is 9.22. The van der Waals surface area contributed by atoms with Gasteiger partial charge >= 0.3 is 0 Å². The Balaban J connectivity index is 1.58. The number of rotatable bonds is 3. The summed E-state index contributed by atoms with van der Waals surface area (Å²) in [6, 6.07) is 15.9. The first-order valence-electron chi connectivity index (χ1n) is 8.65. The van der Waals surface area contributed by atoms with Gasteiger partial charge in [-0.1, -0.05) is 18.2 Å². The number of anilines is 2. The lowest BCUT2D eigenvalue weighted by Gasteiger charge is -2.08. The summed E-state index contributed by atoms with van der Waals surface area (Å²) in [5, 5.41) is 12.3. The number of nitrogens with two attached hydrogens (primary N) is 1. The number of pyridine rings is 1. The van der Waals surface area contributed by atoms with Crippen molar-refractivity contribution in [3.05, 3.63) is 72.7 Å². The van der Waals surface area contributed by atoms with E-state index in [1.165, 1.54) is 22.5 Å². The normalized spacial score (nSPS) is 11.1. The van der Waals surface area contributed by atoms with Crippen LogP contribution in [0.4, 0.5) is 11.4 Å². The molecule has 0 aliphatic carbocycles. The predicted octanol–water partition coefficient (Wildman–Crippen LogP) is 4.67. The zero-order valence-electron chi connectivity index (χ0n) is 14.6. The standard InChI is InChI=1S/C21H15N5OS/c22-15-5-14(9-23-11-15)21(27)25-16-6-13-10-24-26-20(13)17(8-16)19-7-12-3-1-2-4-18(12)28-19/h1-11H,22H2,(H,24,26)(H,25,27). The average Bonchev–Trinajstić information content (AvgIpc) is 3.34. The van der Waals surface area contributed by atoms with Crippen LogP contribution in [0.2, 0.25) is 0 Å². The monoisotopic (exact) mass is 385 g/mol. The van der Waals surface area contributed by atoms with Gasteiger partial charge in [0.1, 0.15) is 0 Å². The molecule has 7 heteroatoms. The molecule has 3 heterocycles. The Morgan fingerprint density at radius 1 is 1.04 bits per heavy atom. The number of nitrogens with one attached hydrogen (secondary N) is 2. The summed E-state index contributed by atoms with van der Waals surface area (Å²) in [6.07, 6.45) is 4.76. The van der Waals surface area contributed by atoms with Crippen molar-refractivity contribution < 1.29 is 4.79 Å². The van der Waals surface area contributed by atoms with E-state index in [0.717, 1.165) is 21.3 Å². The summed E-state index contributed by atoms with van der Waals surface area (Å²) in [5.74, 6) is -0.259. The zero-order valence-corrected chi connectivity index (χ0v) is 15.5. The number of hydrogen-bond donors (Lipinski definition) is 3. The molecule has 0 radical (unpaired) electrons. The third kappa shape index (κ3) is 2.87. The Morgan fingerprint density at radius 2 is 1.93 bits per heavy atom. The number of nitrogen functional groups attached to an aromatic ring is 1. The zero-order chi connectivity index (χ0) is 19.1. The minimum Gasteiger partial charge on any atom is -0.397 e. The van der Waals surface area contributed by atoms with Gasteiger partial charge in [-0.25, -0.2) is 0 Å². The number of amides is 1. The van der Waals surface area contributed by atoms with E-state index >= 15 is 0 Å². The van der Waals surface area contributed by atoms with Crippen molar-refractivity contribution >= 4 is 49.6 Å². The Bertz CT molecular complexity index is 1300. The van der Waals surface area contributed by atoms with Crippen LogP contribution in [0.3, 0.4) is 0 Å². The van der Waals surface area contributed by atoms with Crippen LogP contribution in [-0.4, -0.2) is 21.1 Å². The van der Waals surface area contributed by atoms with E-state index in [1.807, 2.05) is 24.3 Å². The van der Waals surface area contributed by atoms with Gasteiger partial charge in [-0.05, 0) is 35.7 Å². The van der Waals surface area contributed by atoms with Crippen molar-refractivity contribution in [3.8, 4) is 10.4 Å². The molecule has 6 nitrogen and oxygen atoms in total. The van der Waals surface area contributed by atoms with Crippen molar-refractivity contribution in [2.24, 2.45) is 0 Å². The fourth-order valence-electron chi connectivity index (χ4n) is 3.22. The topological polar surface area (TPSA) is 96.7 Å². The van der Waals surface area contributed by atoms with E-state index in [-0.39, 0.29) is 5.91 Å². The number of fused-ring (bicyclic) bond motifs is 2. The highest BCUT2D eigenvalue weighted by Gasteiger charge is 2.14. The number of benzene rings is 2. The molecule has 0 saturated heterocycles. The molecule has 2 aromatic carbocycles. The third-order valence-electron chi connectivity index (χ3n) is 4.52. The summed E-state index contributed by atoms with van der Waals surface area (Å²) in [6.45, 7) is 0. The van der Waals surface area contributed by atoms with E-state index in [4.69, 9.17) is 5.73 Å². The molecule has 0 aliphatic heterocycles. The number of H-pyrrole nitrogens is 1. The number of carbonyl (C=O) groups is 1. The van der Waals surface area contributed by atoms with Gasteiger partial charge in [0.2, 0.25) is 0 Å². The molecule has 28 heavy (non-hydrogen) atoms. The molecular formula is C21H15N5OS. The Labute approximate surface area is 164 Å². The van der Waals surface area contributed by atoms with Gasteiger partial charge in [0, 0.05) is 38.6 Å². The second kappa shape index (κ2) is 6.47. The largest absolute Gasteiger partial charge is 0.397 e. The smallest absolute Gasteiger partial charge is 0.257 e. The summed E-state index contributed by atoms with van der Waals surface area (Å²) in [4.78, 5) is 17.7. The first-order chi connectivity index (χ1) is 13.7. The van der Waals surface area contributed by atoms with Crippen LogP contribution in [0.1, 0.15) is 10.4 Å². The summed E-state index contributed by atoms with van der Waals surface area (Å²) >= 11 is 1.71. The van der Waals surface area contributed by atoms with Crippen LogP contribution >= 0.6 is 11.3 Å². The Hall–Kier alpha value is -3.71. The first kappa shape index (κ1) is 16.5. The summed E-state index contributed by atoms with van der Waals surface area (Å²) < 4.78 is 1.21. The van der Waals surface area contributed by atoms with Crippen molar-refractivity contribution in [2.45, 2.75) is 0 Å². The molecule has 0 atom stereocenters. The van der Waals surface area contributed by atoms with Gasteiger partial charge in [0.15, 0.2) is 0 Å². The van der Waals surface area contributed by atoms with Gasteiger partial charge in [0.25, 0.3) is 5.91 Å². The highest BCUT2D eigenvalue weighted by molar-refractivity contribution is 7.22. The number of thiophene rings is 1. The van der Waals surface area contributed by atoms with Crippen LogP contribution in [0, 0.1) is 0 Å². The second-order valence-electron chi connectivity index (χ2n) is 6.47. The molecule has 1 amide bonds. The number of nitrogens with zero attached hydrogens (tertiary/aromatic N) is 2. The number of aromatic nitrogens is 3. The van der Waals surface area contributed by atoms with Crippen LogP contribution in [-0.2, 0) is 0 Å². The summed E-state index contributed by atoms with van der Waals surface area (Å²) in [7, 11) is 0. The molecule has 5 rings (SSSR count).